The third kappa shape index (κ3) is 1.84. The van der Waals surface area contributed by atoms with Crippen molar-refractivity contribution < 1.29 is 15.0 Å². The molecule has 2 unspecified atom stereocenters. The van der Waals surface area contributed by atoms with Crippen molar-refractivity contribution in [2.24, 2.45) is 5.92 Å². The summed E-state index contributed by atoms with van der Waals surface area (Å²) in [4.78, 5) is 10.1. The number of hydrogen-bond donors (Lipinski definition) is 2. The standard InChI is InChI=1S/C7H10O3/c8-6-2-1-5(3-6)4-7(9)10/h1-2,5-6,8H,3-4H2,(H,9,10). The fraction of sp³-hybridized carbons (Fsp3) is 0.571. The molecule has 0 aliphatic heterocycles. The molecule has 0 fully saturated rings. The lowest BCUT2D eigenvalue weighted by Crippen LogP contribution is -2.06. The molecule has 56 valence electrons. The highest BCUT2D eigenvalue weighted by Crippen LogP contribution is 2.20. The molecule has 0 saturated heterocycles. The maximum atomic E-state index is 10.1. The number of aliphatic hydroxyl groups is 1. The monoisotopic (exact) mass is 142 g/mol. The van der Waals surface area contributed by atoms with E-state index in [0.29, 0.717) is 6.42 Å². The van der Waals surface area contributed by atoms with Crippen LogP contribution < -0.4 is 0 Å². The Morgan fingerprint density at radius 2 is 2.30 bits per heavy atom. The van der Waals surface area contributed by atoms with Gasteiger partial charge in [-0.25, -0.2) is 0 Å². The molecule has 0 bridgehead atoms. The van der Waals surface area contributed by atoms with Crippen molar-refractivity contribution in [1.82, 2.24) is 0 Å². The summed E-state index contributed by atoms with van der Waals surface area (Å²) in [5.41, 5.74) is 0. The van der Waals surface area contributed by atoms with E-state index >= 15 is 0 Å². The van der Waals surface area contributed by atoms with E-state index in [2.05, 4.69) is 0 Å². The molecule has 0 spiro atoms. The molecule has 1 aliphatic carbocycles. The zero-order chi connectivity index (χ0) is 7.56. The Balaban J connectivity index is 2.33. The fourth-order valence-electron chi connectivity index (χ4n) is 1.13. The number of hydrogen-bond acceptors (Lipinski definition) is 2. The van der Waals surface area contributed by atoms with Crippen LogP contribution in [0.5, 0.6) is 0 Å². The molecule has 0 aromatic carbocycles. The second-order valence-corrected chi connectivity index (χ2v) is 2.55. The summed E-state index contributed by atoms with van der Waals surface area (Å²) in [7, 11) is 0. The van der Waals surface area contributed by atoms with Gasteiger partial charge in [0.15, 0.2) is 0 Å². The van der Waals surface area contributed by atoms with Gasteiger partial charge in [0.25, 0.3) is 0 Å². The highest BCUT2D eigenvalue weighted by molar-refractivity contribution is 5.67. The fourth-order valence-corrected chi connectivity index (χ4v) is 1.13. The summed E-state index contributed by atoms with van der Waals surface area (Å²) in [6.45, 7) is 0. The maximum absolute atomic E-state index is 10.1. The van der Waals surface area contributed by atoms with Gasteiger partial charge < -0.3 is 10.2 Å². The van der Waals surface area contributed by atoms with Crippen molar-refractivity contribution in [3.05, 3.63) is 12.2 Å². The van der Waals surface area contributed by atoms with Gasteiger partial charge in [0, 0.05) is 0 Å². The minimum Gasteiger partial charge on any atom is -0.481 e. The van der Waals surface area contributed by atoms with Crippen molar-refractivity contribution >= 4 is 5.97 Å². The number of aliphatic carboxylic acids is 1. The number of rotatable bonds is 2. The van der Waals surface area contributed by atoms with E-state index in [0.717, 1.165) is 0 Å². The predicted octanol–water partition coefficient (Wildman–Crippen LogP) is 0.398. The zero-order valence-electron chi connectivity index (χ0n) is 5.53. The first kappa shape index (κ1) is 7.28. The van der Waals surface area contributed by atoms with Gasteiger partial charge in [-0.1, -0.05) is 12.2 Å². The van der Waals surface area contributed by atoms with Crippen LogP contribution in [0, 0.1) is 5.92 Å². The number of carbonyl (C=O) groups is 1. The SMILES string of the molecule is O=C(O)CC1C=CC(O)C1. The van der Waals surface area contributed by atoms with E-state index in [9.17, 15) is 4.79 Å². The molecule has 2 N–H and O–H groups in total. The van der Waals surface area contributed by atoms with Gasteiger partial charge in [-0.3, -0.25) is 4.79 Å². The van der Waals surface area contributed by atoms with E-state index in [1.54, 1.807) is 12.2 Å². The van der Waals surface area contributed by atoms with Crippen LogP contribution in [0.15, 0.2) is 12.2 Å². The summed E-state index contributed by atoms with van der Waals surface area (Å²) in [6, 6.07) is 0. The molecule has 2 atom stereocenters. The minimum absolute atomic E-state index is 0.0347. The normalized spacial score (nSPS) is 30.9. The van der Waals surface area contributed by atoms with Gasteiger partial charge in [0.05, 0.1) is 12.5 Å². The molecular formula is C7H10O3. The quantitative estimate of drug-likeness (QED) is 0.548. The van der Waals surface area contributed by atoms with Crippen LogP contribution in [0.1, 0.15) is 12.8 Å². The molecule has 10 heavy (non-hydrogen) atoms. The van der Waals surface area contributed by atoms with Gasteiger partial charge in [0.1, 0.15) is 0 Å². The minimum atomic E-state index is -0.802. The average molecular weight is 142 g/mol. The molecule has 0 amide bonds. The largest absolute Gasteiger partial charge is 0.481 e. The number of allylic oxidation sites excluding steroid dienone is 1. The summed E-state index contributed by atoms with van der Waals surface area (Å²) in [6.07, 6.45) is 3.68. The Bertz CT molecular complexity index is 162. The van der Waals surface area contributed by atoms with Crippen LogP contribution in [0.4, 0.5) is 0 Å². The number of carboxylic acids is 1. The van der Waals surface area contributed by atoms with Gasteiger partial charge in [-0.2, -0.15) is 0 Å². The lowest BCUT2D eigenvalue weighted by molar-refractivity contribution is -0.137. The Kier molecular flexibility index (Phi) is 2.06. The van der Waals surface area contributed by atoms with Crippen LogP contribution in [0.2, 0.25) is 0 Å². The second kappa shape index (κ2) is 2.84. The lowest BCUT2D eigenvalue weighted by atomic mass is 10.1. The molecule has 3 nitrogen and oxygen atoms in total. The first-order chi connectivity index (χ1) is 4.68. The van der Waals surface area contributed by atoms with Gasteiger partial charge in [0.2, 0.25) is 0 Å². The topological polar surface area (TPSA) is 57.5 Å². The van der Waals surface area contributed by atoms with E-state index in [1.165, 1.54) is 0 Å². The van der Waals surface area contributed by atoms with E-state index < -0.39 is 12.1 Å². The summed E-state index contributed by atoms with van der Waals surface area (Å²) in [5.74, 6) is -0.767. The number of aliphatic hydroxyl groups excluding tert-OH is 1. The van der Waals surface area contributed by atoms with Crippen LogP contribution >= 0.6 is 0 Å². The van der Waals surface area contributed by atoms with Crippen molar-refractivity contribution in [3.63, 3.8) is 0 Å². The molecular weight excluding hydrogens is 132 g/mol. The first-order valence-electron chi connectivity index (χ1n) is 3.26. The van der Waals surface area contributed by atoms with Crippen LogP contribution in [-0.2, 0) is 4.79 Å². The van der Waals surface area contributed by atoms with Gasteiger partial charge >= 0.3 is 5.97 Å². The Morgan fingerprint density at radius 3 is 2.70 bits per heavy atom. The van der Waals surface area contributed by atoms with Gasteiger partial charge in [-0.15, -0.1) is 0 Å². The van der Waals surface area contributed by atoms with Crippen LogP contribution in [-0.4, -0.2) is 22.3 Å². The summed E-state index contributed by atoms with van der Waals surface area (Å²) in [5, 5.41) is 17.3. The van der Waals surface area contributed by atoms with Crippen molar-refractivity contribution in [3.8, 4) is 0 Å². The number of carboxylic acid groups (broad SMARTS) is 1. The lowest BCUT2D eigenvalue weighted by Gasteiger charge is -2.03. The summed E-state index contributed by atoms with van der Waals surface area (Å²) >= 11 is 0. The van der Waals surface area contributed by atoms with Crippen molar-refractivity contribution in [2.45, 2.75) is 18.9 Å². The molecule has 0 radical (unpaired) electrons. The van der Waals surface area contributed by atoms with Crippen molar-refractivity contribution in [2.75, 3.05) is 0 Å². The zero-order valence-corrected chi connectivity index (χ0v) is 5.53. The Hall–Kier alpha value is -0.830. The highest BCUT2D eigenvalue weighted by atomic mass is 16.4. The molecule has 3 heteroatoms. The molecule has 0 heterocycles. The van der Waals surface area contributed by atoms with Crippen LogP contribution in [0.3, 0.4) is 0 Å². The van der Waals surface area contributed by atoms with E-state index in [-0.39, 0.29) is 12.3 Å². The first-order valence-corrected chi connectivity index (χ1v) is 3.26. The molecule has 1 rings (SSSR count). The van der Waals surface area contributed by atoms with E-state index in [1.807, 2.05) is 0 Å². The van der Waals surface area contributed by atoms with Gasteiger partial charge in [-0.05, 0) is 12.3 Å². The van der Waals surface area contributed by atoms with E-state index in [4.69, 9.17) is 10.2 Å². The maximum Gasteiger partial charge on any atom is 0.303 e. The predicted molar refractivity (Wildman–Crippen MR) is 35.5 cm³/mol. The molecule has 0 aromatic heterocycles. The molecule has 0 aromatic rings. The van der Waals surface area contributed by atoms with Crippen LogP contribution in [0.25, 0.3) is 0 Å². The average Bonchev–Trinajstić information content (AvgIpc) is 2.13. The third-order valence-electron chi connectivity index (χ3n) is 1.59. The third-order valence-corrected chi connectivity index (χ3v) is 1.59. The second-order valence-electron chi connectivity index (χ2n) is 2.55. The molecule has 0 saturated carbocycles. The smallest absolute Gasteiger partial charge is 0.303 e. The summed E-state index contributed by atoms with van der Waals surface area (Å²) < 4.78 is 0. The highest BCUT2D eigenvalue weighted by Gasteiger charge is 2.18. The molecule has 1 aliphatic rings. The van der Waals surface area contributed by atoms with Crippen molar-refractivity contribution in [1.29, 1.82) is 0 Å². The Morgan fingerprint density at radius 1 is 1.60 bits per heavy atom. The Labute approximate surface area is 59.0 Å².